The van der Waals surface area contributed by atoms with Gasteiger partial charge in [-0.2, -0.15) is 0 Å². The number of thiophene rings is 1. The molecule has 0 bridgehead atoms. The monoisotopic (exact) mass is 453 g/mol. The Hall–Kier alpha value is -2.74. The summed E-state index contributed by atoms with van der Waals surface area (Å²) in [5, 5.41) is 3.69. The lowest BCUT2D eigenvalue weighted by molar-refractivity contribution is -0.116. The number of nitrogens with one attached hydrogen (secondary N) is 1. The molecule has 160 valence electrons. The summed E-state index contributed by atoms with van der Waals surface area (Å²) in [4.78, 5) is 27.5. The van der Waals surface area contributed by atoms with Gasteiger partial charge in [0.2, 0.25) is 11.9 Å². The molecule has 1 N–H and O–H groups in total. The van der Waals surface area contributed by atoms with Crippen molar-refractivity contribution in [2.24, 2.45) is 0 Å². The van der Waals surface area contributed by atoms with Gasteiger partial charge in [-0.15, -0.1) is 11.3 Å². The highest BCUT2D eigenvalue weighted by Gasteiger charge is 2.18. The van der Waals surface area contributed by atoms with Gasteiger partial charge in [-0.05, 0) is 42.0 Å². The van der Waals surface area contributed by atoms with Crippen LogP contribution in [0.4, 0.5) is 5.95 Å². The van der Waals surface area contributed by atoms with Crippen LogP contribution >= 0.6 is 22.9 Å². The molecule has 4 rings (SSSR count). The normalized spacial score (nSPS) is 14.8. The van der Waals surface area contributed by atoms with Crippen molar-refractivity contribution in [1.82, 2.24) is 20.2 Å². The average Bonchev–Trinajstić information content (AvgIpc) is 3.28. The number of nitrogens with zero attached hydrogens (tertiary/aromatic N) is 4. The van der Waals surface area contributed by atoms with Gasteiger partial charge in [0, 0.05) is 72.5 Å². The van der Waals surface area contributed by atoms with E-state index in [-0.39, 0.29) is 5.91 Å². The van der Waals surface area contributed by atoms with E-state index in [2.05, 4.69) is 25.1 Å². The van der Waals surface area contributed by atoms with Gasteiger partial charge < -0.3 is 10.2 Å². The third-order valence-corrected chi connectivity index (χ3v) is 6.40. The molecule has 1 aromatic carbocycles. The van der Waals surface area contributed by atoms with E-state index in [1.165, 1.54) is 0 Å². The third kappa shape index (κ3) is 6.13. The Kier molecular flexibility index (Phi) is 7.30. The highest BCUT2D eigenvalue weighted by atomic mass is 35.5. The third-order valence-electron chi connectivity index (χ3n) is 5.07. The Labute approximate surface area is 191 Å². The molecular formula is C23H24ClN5OS. The van der Waals surface area contributed by atoms with Crippen LogP contribution in [0.15, 0.2) is 60.9 Å². The number of hydrogen-bond donors (Lipinski definition) is 1. The van der Waals surface area contributed by atoms with Gasteiger partial charge in [-0.1, -0.05) is 23.7 Å². The first kappa shape index (κ1) is 21.5. The van der Waals surface area contributed by atoms with E-state index in [0.29, 0.717) is 6.54 Å². The molecule has 1 aliphatic rings. The van der Waals surface area contributed by atoms with Crippen LogP contribution in [-0.4, -0.2) is 60.0 Å². The van der Waals surface area contributed by atoms with Crippen molar-refractivity contribution in [3.63, 3.8) is 0 Å². The smallest absolute Gasteiger partial charge is 0.244 e. The SMILES string of the molecule is O=C(/C=C/c1ccc(-c2cccc(Cl)c2)s1)NCCN1CCN(c2ncccn2)CC1. The van der Waals surface area contributed by atoms with Crippen LogP contribution in [0, 0.1) is 0 Å². The summed E-state index contributed by atoms with van der Waals surface area (Å²) in [7, 11) is 0. The highest BCUT2D eigenvalue weighted by molar-refractivity contribution is 7.16. The molecule has 0 radical (unpaired) electrons. The summed E-state index contributed by atoms with van der Waals surface area (Å²) in [5.41, 5.74) is 1.08. The topological polar surface area (TPSA) is 61.4 Å². The number of amides is 1. The number of aromatic nitrogens is 2. The van der Waals surface area contributed by atoms with Crippen LogP contribution in [0.3, 0.4) is 0 Å². The molecule has 1 fully saturated rings. The molecule has 0 saturated carbocycles. The Balaban J connectivity index is 1.18. The maximum absolute atomic E-state index is 12.2. The van der Waals surface area contributed by atoms with Crippen LogP contribution in [0.1, 0.15) is 4.88 Å². The van der Waals surface area contributed by atoms with Crippen LogP contribution in [0.25, 0.3) is 16.5 Å². The van der Waals surface area contributed by atoms with Gasteiger partial charge in [0.25, 0.3) is 0 Å². The minimum absolute atomic E-state index is 0.0750. The van der Waals surface area contributed by atoms with Crippen molar-refractivity contribution >= 4 is 40.9 Å². The molecule has 0 aliphatic carbocycles. The molecule has 0 atom stereocenters. The summed E-state index contributed by atoms with van der Waals surface area (Å²) in [6, 6.07) is 13.7. The Morgan fingerprint density at radius 2 is 1.90 bits per heavy atom. The van der Waals surface area contributed by atoms with Gasteiger partial charge in [-0.25, -0.2) is 9.97 Å². The molecule has 0 spiro atoms. The fraction of sp³-hybridized carbons (Fsp3) is 0.261. The van der Waals surface area contributed by atoms with E-state index in [9.17, 15) is 4.79 Å². The van der Waals surface area contributed by atoms with Crippen molar-refractivity contribution in [3.8, 4) is 10.4 Å². The second kappa shape index (κ2) is 10.5. The largest absolute Gasteiger partial charge is 0.351 e. The van der Waals surface area contributed by atoms with Crippen molar-refractivity contribution in [3.05, 3.63) is 70.8 Å². The second-order valence-electron chi connectivity index (χ2n) is 7.21. The summed E-state index contributed by atoms with van der Waals surface area (Å²) in [5.74, 6) is 0.710. The van der Waals surface area contributed by atoms with Gasteiger partial charge in [0.1, 0.15) is 0 Å². The Bertz CT molecular complexity index is 1030. The molecule has 3 heterocycles. The highest BCUT2D eigenvalue weighted by Crippen LogP contribution is 2.30. The molecule has 1 aliphatic heterocycles. The van der Waals surface area contributed by atoms with Gasteiger partial charge in [0.15, 0.2) is 0 Å². The van der Waals surface area contributed by atoms with Gasteiger partial charge in [-0.3, -0.25) is 9.69 Å². The number of anilines is 1. The van der Waals surface area contributed by atoms with Crippen LogP contribution in [-0.2, 0) is 4.79 Å². The second-order valence-corrected chi connectivity index (χ2v) is 8.77. The number of hydrogen-bond acceptors (Lipinski definition) is 6. The first-order chi connectivity index (χ1) is 15.2. The standard InChI is InChI=1S/C23H24ClN5OS/c24-19-4-1-3-18(17-19)21-7-5-20(31-21)6-8-22(30)25-11-12-28-13-15-29(16-14-28)23-26-9-2-10-27-23/h1-10,17H,11-16H2,(H,25,30)/b8-6+. The maximum Gasteiger partial charge on any atom is 0.244 e. The number of piperazine rings is 1. The molecular weight excluding hydrogens is 430 g/mol. The van der Waals surface area contributed by atoms with E-state index in [4.69, 9.17) is 11.6 Å². The molecule has 3 aromatic rings. The zero-order valence-corrected chi connectivity index (χ0v) is 18.6. The van der Waals surface area contributed by atoms with E-state index in [1.807, 2.05) is 48.5 Å². The van der Waals surface area contributed by atoms with Gasteiger partial charge in [0.05, 0.1) is 0 Å². The van der Waals surface area contributed by atoms with Crippen molar-refractivity contribution in [1.29, 1.82) is 0 Å². The number of halogens is 1. The summed E-state index contributed by atoms with van der Waals surface area (Å²) < 4.78 is 0. The first-order valence-corrected chi connectivity index (χ1v) is 11.4. The van der Waals surface area contributed by atoms with Crippen molar-refractivity contribution in [2.45, 2.75) is 0 Å². The summed E-state index contributed by atoms with van der Waals surface area (Å²) in [6.45, 7) is 5.12. The molecule has 2 aromatic heterocycles. The molecule has 31 heavy (non-hydrogen) atoms. The first-order valence-electron chi connectivity index (χ1n) is 10.2. The molecule has 1 saturated heterocycles. The van der Waals surface area contributed by atoms with Crippen LogP contribution < -0.4 is 10.2 Å². The predicted molar refractivity (Wildman–Crippen MR) is 127 cm³/mol. The molecule has 8 heteroatoms. The molecule has 0 unspecified atom stereocenters. The molecule has 6 nitrogen and oxygen atoms in total. The lowest BCUT2D eigenvalue weighted by Gasteiger charge is -2.34. The minimum atomic E-state index is -0.0750. The lowest BCUT2D eigenvalue weighted by atomic mass is 10.2. The van der Waals surface area contributed by atoms with Crippen molar-refractivity contribution in [2.75, 3.05) is 44.2 Å². The van der Waals surface area contributed by atoms with E-state index in [1.54, 1.807) is 29.8 Å². The fourth-order valence-electron chi connectivity index (χ4n) is 3.42. The average molecular weight is 454 g/mol. The van der Waals surface area contributed by atoms with E-state index in [0.717, 1.165) is 59.0 Å². The van der Waals surface area contributed by atoms with Crippen LogP contribution in [0.2, 0.25) is 5.02 Å². The minimum Gasteiger partial charge on any atom is -0.351 e. The van der Waals surface area contributed by atoms with E-state index < -0.39 is 0 Å². The zero-order chi connectivity index (χ0) is 21.5. The Morgan fingerprint density at radius 1 is 1.10 bits per heavy atom. The lowest BCUT2D eigenvalue weighted by Crippen LogP contribution is -2.48. The van der Waals surface area contributed by atoms with Gasteiger partial charge >= 0.3 is 0 Å². The predicted octanol–water partition coefficient (Wildman–Crippen LogP) is 3.81. The number of benzene rings is 1. The molecule has 1 amide bonds. The summed E-state index contributed by atoms with van der Waals surface area (Å²) >= 11 is 7.70. The Morgan fingerprint density at radius 3 is 2.68 bits per heavy atom. The fourth-order valence-corrected chi connectivity index (χ4v) is 4.52. The number of carbonyl (C=O) groups excluding carboxylic acids is 1. The maximum atomic E-state index is 12.2. The van der Waals surface area contributed by atoms with E-state index >= 15 is 0 Å². The number of carbonyl (C=O) groups is 1. The quantitative estimate of drug-likeness (QED) is 0.551. The zero-order valence-electron chi connectivity index (χ0n) is 17.1. The summed E-state index contributed by atoms with van der Waals surface area (Å²) in [6.07, 6.45) is 6.99. The van der Waals surface area contributed by atoms with Crippen LogP contribution in [0.5, 0.6) is 0 Å². The number of rotatable bonds is 7. The van der Waals surface area contributed by atoms with Crippen molar-refractivity contribution < 1.29 is 4.79 Å².